The van der Waals surface area contributed by atoms with E-state index >= 15 is 0 Å². The molecule has 1 atom stereocenters. The lowest BCUT2D eigenvalue weighted by atomic mass is 9.71. The van der Waals surface area contributed by atoms with Crippen molar-refractivity contribution in [2.45, 2.75) is 37.1 Å². The number of hydrogen-bond acceptors (Lipinski definition) is 6. The highest BCUT2D eigenvalue weighted by Gasteiger charge is 2.44. The lowest BCUT2D eigenvalue weighted by molar-refractivity contribution is 0.170. The van der Waals surface area contributed by atoms with Crippen LogP contribution < -0.4 is 29.0 Å². The van der Waals surface area contributed by atoms with Crippen LogP contribution in [0.5, 0.6) is 28.7 Å². The maximum atomic E-state index is 5.94. The molecule has 1 saturated carbocycles. The molecule has 0 amide bonds. The topological polar surface area (TPSA) is 58.2 Å². The third-order valence-electron chi connectivity index (χ3n) is 6.85. The van der Waals surface area contributed by atoms with Crippen LogP contribution in [0.15, 0.2) is 24.3 Å². The summed E-state index contributed by atoms with van der Waals surface area (Å²) >= 11 is 0. The first kappa shape index (κ1) is 19.4. The van der Waals surface area contributed by atoms with E-state index in [2.05, 4.69) is 23.5 Å². The molecule has 2 aromatic rings. The van der Waals surface area contributed by atoms with Crippen molar-refractivity contribution in [1.82, 2.24) is 5.32 Å². The van der Waals surface area contributed by atoms with Gasteiger partial charge in [0, 0.05) is 17.5 Å². The standard InChI is InChI=1S/C24H29NO5/c1-26-18-7-6-15(22(27-2)23(18)28-3)21-16-12-19-20(30-11-10-29-19)13-17(16)24(14-25-21)8-4-5-9-24/h6-7,12-13,21,25H,4-5,8-11,14H2,1-3H3/t21-/m1/s1. The minimum atomic E-state index is -0.0307. The predicted octanol–water partition coefficient (Wildman–Crippen LogP) is 3.99. The van der Waals surface area contributed by atoms with Crippen molar-refractivity contribution < 1.29 is 23.7 Å². The molecule has 1 spiro atoms. The van der Waals surface area contributed by atoms with Crippen LogP contribution in [-0.2, 0) is 5.41 Å². The molecule has 2 aromatic carbocycles. The van der Waals surface area contributed by atoms with Gasteiger partial charge in [0.25, 0.3) is 0 Å². The summed E-state index contributed by atoms with van der Waals surface area (Å²) in [5, 5.41) is 3.82. The molecule has 6 nitrogen and oxygen atoms in total. The van der Waals surface area contributed by atoms with E-state index in [1.54, 1.807) is 21.3 Å². The predicted molar refractivity (Wildman–Crippen MR) is 114 cm³/mol. The van der Waals surface area contributed by atoms with Crippen LogP contribution in [0.2, 0.25) is 0 Å². The van der Waals surface area contributed by atoms with E-state index in [-0.39, 0.29) is 11.5 Å². The van der Waals surface area contributed by atoms with Crippen molar-refractivity contribution in [3.63, 3.8) is 0 Å². The fourth-order valence-electron chi connectivity index (χ4n) is 5.43. The number of fused-ring (bicyclic) bond motifs is 3. The molecular formula is C24H29NO5. The first-order valence-electron chi connectivity index (χ1n) is 10.7. The summed E-state index contributed by atoms with van der Waals surface area (Å²) in [5.74, 6) is 3.65. The minimum absolute atomic E-state index is 0.0307. The monoisotopic (exact) mass is 411 g/mol. The fraction of sp³-hybridized carbons (Fsp3) is 0.500. The van der Waals surface area contributed by atoms with Crippen molar-refractivity contribution in [3.8, 4) is 28.7 Å². The van der Waals surface area contributed by atoms with Crippen LogP contribution in [0.1, 0.15) is 48.4 Å². The normalized spacial score (nSPS) is 21.2. The second-order valence-electron chi connectivity index (χ2n) is 8.31. The van der Waals surface area contributed by atoms with Gasteiger partial charge in [-0.1, -0.05) is 12.8 Å². The van der Waals surface area contributed by atoms with E-state index in [0.29, 0.717) is 30.5 Å². The zero-order chi connectivity index (χ0) is 20.7. The van der Waals surface area contributed by atoms with Crippen LogP contribution in [0, 0.1) is 0 Å². The van der Waals surface area contributed by atoms with E-state index in [0.717, 1.165) is 23.6 Å². The Balaban J connectivity index is 1.68. The zero-order valence-electron chi connectivity index (χ0n) is 17.9. The Morgan fingerprint density at radius 1 is 0.867 bits per heavy atom. The van der Waals surface area contributed by atoms with E-state index in [1.165, 1.54) is 36.8 Å². The maximum absolute atomic E-state index is 5.94. The Labute approximate surface area is 177 Å². The first-order chi connectivity index (χ1) is 14.7. The van der Waals surface area contributed by atoms with Gasteiger partial charge < -0.3 is 29.0 Å². The average Bonchev–Trinajstić information content (AvgIpc) is 3.26. The van der Waals surface area contributed by atoms with Crippen molar-refractivity contribution in [3.05, 3.63) is 41.0 Å². The third kappa shape index (κ3) is 2.88. The van der Waals surface area contributed by atoms with Crippen LogP contribution >= 0.6 is 0 Å². The molecule has 0 bridgehead atoms. The third-order valence-corrected chi connectivity index (χ3v) is 6.85. The molecule has 160 valence electrons. The van der Waals surface area contributed by atoms with Crippen molar-refractivity contribution in [2.75, 3.05) is 41.1 Å². The van der Waals surface area contributed by atoms with Gasteiger partial charge in [-0.05, 0) is 48.2 Å². The number of methoxy groups -OCH3 is 3. The molecule has 1 N–H and O–H groups in total. The van der Waals surface area contributed by atoms with Gasteiger partial charge >= 0.3 is 0 Å². The van der Waals surface area contributed by atoms with Crippen LogP contribution in [0.25, 0.3) is 0 Å². The molecule has 5 rings (SSSR count). The number of rotatable bonds is 4. The summed E-state index contributed by atoms with van der Waals surface area (Å²) in [6, 6.07) is 8.37. The van der Waals surface area contributed by atoms with Gasteiger partial charge in [-0.3, -0.25) is 0 Å². The van der Waals surface area contributed by atoms with Gasteiger partial charge in [0.15, 0.2) is 23.0 Å². The van der Waals surface area contributed by atoms with E-state index in [4.69, 9.17) is 23.7 Å². The highest BCUT2D eigenvalue weighted by atomic mass is 16.6. The second-order valence-corrected chi connectivity index (χ2v) is 8.31. The van der Waals surface area contributed by atoms with Gasteiger partial charge in [-0.2, -0.15) is 0 Å². The summed E-state index contributed by atoms with van der Waals surface area (Å²) < 4.78 is 28.8. The Morgan fingerprint density at radius 2 is 1.57 bits per heavy atom. The highest BCUT2D eigenvalue weighted by molar-refractivity contribution is 5.61. The van der Waals surface area contributed by atoms with Crippen molar-refractivity contribution in [1.29, 1.82) is 0 Å². The highest BCUT2D eigenvalue weighted by Crippen LogP contribution is 2.52. The number of benzene rings is 2. The van der Waals surface area contributed by atoms with Crippen molar-refractivity contribution >= 4 is 0 Å². The lowest BCUT2D eigenvalue weighted by Gasteiger charge is -2.41. The Morgan fingerprint density at radius 3 is 2.23 bits per heavy atom. The minimum Gasteiger partial charge on any atom is -0.493 e. The molecular weight excluding hydrogens is 382 g/mol. The second kappa shape index (κ2) is 7.58. The summed E-state index contributed by atoms with van der Waals surface area (Å²) in [7, 11) is 4.95. The quantitative estimate of drug-likeness (QED) is 0.821. The first-order valence-corrected chi connectivity index (χ1v) is 10.7. The van der Waals surface area contributed by atoms with Crippen LogP contribution in [0.3, 0.4) is 0 Å². The smallest absolute Gasteiger partial charge is 0.203 e. The Bertz CT molecular complexity index is 951. The van der Waals surface area contributed by atoms with E-state index in [9.17, 15) is 0 Å². The maximum Gasteiger partial charge on any atom is 0.203 e. The molecule has 30 heavy (non-hydrogen) atoms. The molecule has 6 heteroatoms. The van der Waals surface area contributed by atoms with Crippen LogP contribution in [-0.4, -0.2) is 41.1 Å². The molecule has 0 aromatic heterocycles. The molecule has 0 unspecified atom stereocenters. The molecule has 1 aliphatic carbocycles. The number of ether oxygens (including phenoxy) is 5. The van der Waals surface area contributed by atoms with Crippen molar-refractivity contribution in [2.24, 2.45) is 0 Å². The number of hydrogen-bond donors (Lipinski definition) is 1. The summed E-state index contributed by atoms with van der Waals surface area (Å²) in [5.41, 5.74) is 3.80. The van der Waals surface area contributed by atoms with E-state index < -0.39 is 0 Å². The Kier molecular flexibility index (Phi) is 4.89. The van der Waals surface area contributed by atoms with Gasteiger partial charge in [0.2, 0.25) is 5.75 Å². The molecule has 0 radical (unpaired) electrons. The molecule has 2 heterocycles. The van der Waals surface area contributed by atoms with Gasteiger partial charge in [0.1, 0.15) is 13.2 Å². The summed E-state index contributed by atoms with van der Waals surface area (Å²) in [6.45, 7) is 2.11. The molecule has 1 fully saturated rings. The fourth-order valence-corrected chi connectivity index (χ4v) is 5.43. The van der Waals surface area contributed by atoms with Gasteiger partial charge in [0.05, 0.1) is 27.4 Å². The SMILES string of the molecule is COc1ccc([C@H]2NCC3(CCCC3)c3cc4c(cc32)OCCO4)c(OC)c1OC. The van der Waals surface area contributed by atoms with Crippen LogP contribution in [0.4, 0.5) is 0 Å². The lowest BCUT2D eigenvalue weighted by Crippen LogP contribution is -2.44. The summed E-state index contributed by atoms with van der Waals surface area (Å²) in [4.78, 5) is 0. The Hall–Kier alpha value is -2.60. The summed E-state index contributed by atoms with van der Waals surface area (Å²) in [6.07, 6.45) is 4.92. The largest absolute Gasteiger partial charge is 0.493 e. The average molecular weight is 411 g/mol. The molecule has 2 aliphatic heterocycles. The number of nitrogens with one attached hydrogen (secondary N) is 1. The molecule has 0 saturated heterocycles. The van der Waals surface area contributed by atoms with Gasteiger partial charge in [-0.25, -0.2) is 0 Å². The zero-order valence-corrected chi connectivity index (χ0v) is 17.9. The van der Waals surface area contributed by atoms with Gasteiger partial charge in [-0.15, -0.1) is 0 Å². The van der Waals surface area contributed by atoms with E-state index in [1.807, 2.05) is 6.07 Å². The molecule has 3 aliphatic rings.